The molecular formula is C21H17N5O4S. The van der Waals surface area contributed by atoms with Crippen LogP contribution in [0, 0.1) is 0 Å². The molecule has 0 saturated carbocycles. The Balaban J connectivity index is 1.37. The molecule has 2 amide bonds. The van der Waals surface area contributed by atoms with E-state index in [4.69, 9.17) is 0 Å². The van der Waals surface area contributed by atoms with E-state index in [1.54, 1.807) is 24.3 Å². The lowest BCUT2D eigenvalue weighted by molar-refractivity contribution is -0.128. The number of rotatable bonds is 5. The fourth-order valence-electron chi connectivity index (χ4n) is 3.04. The first-order chi connectivity index (χ1) is 15.0. The number of benzene rings is 2. The minimum Gasteiger partial charge on any atom is -0.284 e. The van der Waals surface area contributed by atoms with Gasteiger partial charge in [-0.05, 0) is 12.1 Å². The van der Waals surface area contributed by atoms with Crippen molar-refractivity contribution in [3.05, 3.63) is 85.8 Å². The van der Waals surface area contributed by atoms with Crippen molar-refractivity contribution >= 4 is 34.1 Å². The van der Waals surface area contributed by atoms with Crippen LogP contribution in [0.3, 0.4) is 0 Å². The van der Waals surface area contributed by atoms with Gasteiger partial charge in [0.25, 0.3) is 11.5 Å². The lowest BCUT2D eigenvalue weighted by Gasteiger charge is -2.10. The van der Waals surface area contributed by atoms with Gasteiger partial charge >= 0.3 is 5.69 Å². The van der Waals surface area contributed by atoms with Crippen molar-refractivity contribution in [1.29, 1.82) is 0 Å². The molecule has 0 unspecified atom stereocenters. The molecule has 9 nitrogen and oxygen atoms in total. The number of nitrogens with zero attached hydrogens (tertiary/aromatic N) is 2. The molecule has 2 heterocycles. The van der Waals surface area contributed by atoms with Gasteiger partial charge in [0.15, 0.2) is 0 Å². The Morgan fingerprint density at radius 3 is 2.48 bits per heavy atom. The number of carbonyl (C=O) groups excluding carboxylic acids is 2. The van der Waals surface area contributed by atoms with Crippen LogP contribution in [0.5, 0.6) is 0 Å². The van der Waals surface area contributed by atoms with Crippen LogP contribution >= 0.6 is 11.3 Å². The first-order valence-corrected chi connectivity index (χ1v) is 10.2. The molecule has 0 aliphatic carbocycles. The second-order valence-electron chi connectivity index (χ2n) is 6.63. The normalized spacial score (nSPS) is 10.7. The predicted molar refractivity (Wildman–Crippen MR) is 116 cm³/mol. The highest BCUT2D eigenvalue weighted by molar-refractivity contribution is 7.10. The van der Waals surface area contributed by atoms with E-state index in [-0.39, 0.29) is 18.4 Å². The molecule has 10 heteroatoms. The Bertz CT molecular complexity index is 1370. The second kappa shape index (κ2) is 8.76. The summed E-state index contributed by atoms with van der Waals surface area (Å²) in [6.07, 6.45) is -0.000679. The quantitative estimate of drug-likeness (QED) is 0.406. The highest BCUT2D eigenvalue weighted by atomic mass is 32.1. The molecule has 4 aromatic rings. The van der Waals surface area contributed by atoms with Gasteiger partial charge in [-0.3, -0.25) is 34.8 Å². The van der Waals surface area contributed by atoms with Crippen molar-refractivity contribution in [1.82, 2.24) is 25.4 Å². The molecule has 31 heavy (non-hydrogen) atoms. The summed E-state index contributed by atoms with van der Waals surface area (Å²) in [5.41, 5.74) is 5.43. The number of para-hydroxylation sites is 1. The monoisotopic (exact) mass is 435 g/mol. The molecule has 0 aliphatic heterocycles. The Morgan fingerprint density at radius 2 is 1.68 bits per heavy atom. The first-order valence-electron chi connectivity index (χ1n) is 9.30. The Kier molecular flexibility index (Phi) is 5.72. The molecular weight excluding hydrogens is 418 g/mol. The van der Waals surface area contributed by atoms with Gasteiger partial charge in [0, 0.05) is 10.9 Å². The molecule has 0 spiro atoms. The van der Waals surface area contributed by atoms with E-state index >= 15 is 0 Å². The van der Waals surface area contributed by atoms with Gasteiger partial charge in [-0.25, -0.2) is 9.78 Å². The van der Waals surface area contributed by atoms with Gasteiger partial charge < -0.3 is 0 Å². The zero-order valence-electron chi connectivity index (χ0n) is 16.1. The maximum absolute atomic E-state index is 12.2. The third-order valence-electron chi connectivity index (χ3n) is 4.48. The number of hydrogen-bond donors (Lipinski definition) is 3. The van der Waals surface area contributed by atoms with Crippen LogP contribution in [0.2, 0.25) is 0 Å². The Labute approximate surface area is 179 Å². The summed E-state index contributed by atoms with van der Waals surface area (Å²) in [4.78, 5) is 55.0. The summed E-state index contributed by atoms with van der Waals surface area (Å²) in [7, 11) is 0. The number of aromatic amines is 1. The van der Waals surface area contributed by atoms with Gasteiger partial charge in [-0.15, -0.1) is 11.3 Å². The van der Waals surface area contributed by atoms with E-state index < -0.39 is 23.1 Å². The van der Waals surface area contributed by atoms with Gasteiger partial charge in [0.05, 0.1) is 23.0 Å². The minimum atomic E-state index is -0.707. The van der Waals surface area contributed by atoms with E-state index in [2.05, 4.69) is 20.8 Å². The molecule has 0 fully saturated rings. The van der Waals surface area contributed by atoms with Gasteiger partial charge in [0.2, 0.25) is 5.91 Å². The van der Waals surface area contributed by atoms with E-state index in [0.29, 0.717) is 10.5 Å². The average molecular weight is 435 g/mol. The third-order valence-corrected chi connectivity index (χ3v) is 5.33. The maximum atomic E-state index is 12.2. The van der Waals surface area contributed by atoms with E-state index in [1.165, 1.54) is 11.3 Å². The molecule has 156 valence electrons. The van der Waals surface area contributed by atoms with E-state index in [0.717, 1.165) is 15.8 Å². The van der Waals surface area contributed by atoms with Gasteiger partial charge in [-0.1, -0.05) is 42.5 Å². The molecule has 0 bridgehead atoms. The van der Waals surface area contributed by atoms with Crippen molar-refractivity contribution in [2.75, 3.05) is 0 Å². The Hall–Kier alpha value is -4.05. The summed E-state index contributed by atoms with van der Waals surface area (Å²) >= 11 is 1.35. The molecule has 0 radical (unpaired) electrons. The number of amides is 2. The van der Waals surface area contributed by atoms with Crippen molar-refractivity contribution in [3.63, 3.8) is 0 Å². The lowest BCUT2D eigenvalue weighted by atomic mass is 10.2. The maximum Gasteiger partial charge on any atom is 0.329 e. The second-order valence-corrected chi connectivity index (χ2v) is 7.57. The lowest BCUT2D eigenvalue weighted by Crippen LogP contribution is -2.45. The smallest absolute Gasteiger partial charge is 0.284 e. The topological polar surface area (TPSA) is 126 Å². The number of hydrogen-bond acceptors (Lipinski definition) is 6. The first kappa shape index (κ1) is 20.2. The minimum absolute atomic E-state index is 0.000679. The number of thiazole rings is 1. The Morgan fingerprint density at radius 1 is 0.968 bits per heavy atom. The average Bonchev–Trinajstić information content (AvgIpc) is 3.24. The molecule has 2 aromatic heterocycles. The van der Waals surface area contributed by atoms with Crippen LogP contribution in [0.1, 0.15) is 5.01 Å². The van der Waals surface area contributed by atoms with Crippen molar-refractivity contribution in [2.45, 2.75) is 13.0 Å². The van der Waals surface area contributed by atoms with E-state index in [1.807, 2.05) is 35.7 Å². The summed E-state index contributed by atoms with van der Waals surface area (Å²) in [5, 5.41) is 2.76. The third kappa shape index (κ3) is 4.59. The summed E-state index contributed by atoms with van der Waals surface area (Å²) < 4.78 is 1.13. The van der Waals surface area contributed by atoms with Crippen LogP contribution in [0.15, 0.2) is 69.6 Å². The number of fused-ring (bicyclic) bond motifs is 1. The van der Waals surface area contributed by atoms with Crippen LogP contribution in [0.25, 0.3) is 22.2 Å². The zero-order chi connectivity index (χ0) is 21.8. The number of nitrogens with one attached hydrogen (secondary N) is 3. The zero-order valence-corrected chi connectivity index (χ0v) is 16.9. The largest absolute Gasteiger partial charge is 0.329 e. The number of hydrazine groups is 1. The highest BCUT2D eigenvalue weighted by Crippen LogP contribution is 2.21. The summed E-state index contributed by atoms with van der Waals surface area (Å²) in [6, 6.07) is 16.1. The summed E-state index contributed by atoms with van der Waals surface area (Å²) in [5.74, 6) is -1.06. The summed E-state index contributed by atoms with van der Waals surface area (Å²) in [6.45, 7) is -0.369. The van der Waals surface area contributed by atoms with Gasteiger partial charge in [0.1, 0.15) is 11.6 Å². The number of carbonyl (C=O) groups is 2. The fourth-order valence-corrected chi connectivity index (χ4v) is 3.84. The molecule has 0 saturated heterocycles. The van der Waals surface area contributed by atoms with Crippen LogP contribution in [-0.2, 0) is 22.6 Å². The van der Waals surface area contributed by atoms with Crippen LogP contribution in [0.4, 0.5) is 0 Å². The predicted octanol–water partition coefficient (Wildman–Crippen LogP) is 1.20. The standard InChI is InChI=1S/C21H17N5O4S/c27-17(10-19-22-15(12-31-19)13-6-2-1-3-7-13)24-25-18(28)11-26-16-9-5-4-8-14(16)20(29)23-21(26)30/h1-9,12H,10-11H2,(H,24,27)(H,25,28)(H,23,29,30). The fraction of sp³-hybridized carbons (Fsp3) is 0.0952. The SMILES string of the molecule is O=C(Cc1nc(-c2ccccc2)cs1)NNC(=O)Cn1c(=O)[nH]c(=O)c2ccccc21. The molecule has 4 rings (SSSR count). The highest BCUT2D eigenvalue weighted by Gasteiger charge is 2.13. The van der Waals surface area contributed by atoms with Crippen molar-refractivity contribution in [2.24, 2.45) is 0 Å². The number of H-pyrrole nitrogens is 1. The molecule has 3 N–H and O–H groups in total. The molecule has 0 aliphatic rings. The molecule has 2 aromatic carbocycles. The van der Waals surface area contributed by atoms with Gasteiger partial charge in [-0.2, -0.15) is 0 Å². The van der Waals surface area contributed by atoms with Crippen LogP contribution < -0.4 is 22.1 Å². The van der Waals surface area contributed by atoms with E-state index in [9.17, 15) is 19.2 Å². The van der Waals surface area contributed by atoms with Crippen molar-refractivity contribution < 1.29 is 9.59 Å². The van der Waals surface area contributed by atoms with Crippen LogP contribution in [-0.4, -0.2) is 26.3 Å². The van der Waals surface area contributed by atoms with Crippen molar-refractivity contribution in [3.8, 4) is 11.3 Å². The molecule has 0 atom stereocenters. The number of aromatic nitrogens is 3.